The molecule has 0 aliphatic carbocycles. The number of carbonyl (C=O) groups excluding carboxylic acids is 3. The van der Waals surface area contributed by atoms with Gasteiger partial charge in [-0.3, -0.25) is 0 Å². The second-order valence-corrected chi connectivity index (χ2v) is 5.84. The fourth-order valence-corrected chi connectivity index (χ4v) is 2.82. The van der Waals surface area contributed by atoms with E-state index in [9.17, 15) is 14.4 Å². The van der Waals surface area contributed by atoms with Gasteiger partial charge in [0.1, 0.15) is 12.3 Å². The Labute approximate surface area is 155 Å². The fraction of sp³-hybridized carbons (Fsp3) is 0.333. The zero-order valence-corrected chi connectivity index (χ0v) is 15.0. The van der Waals surface area contributed by atoms with Crippen molar-refractivity contribution in [1.82, 2.24) is 20.0 Å². The first-order chi connectivity index (χ1) is 13.0. The molecule has 2 aromatic heterocycles. The van der Waals surface area contributed by atoms with Gasteiger partial charge >= 0.3 is 18.0 Å². The minimum atomic E-state index is -0.657. The third-order valence-electron chi connectivity index (χ3n) is 4.07. The van der Waals surface area contributed by atoms with Crippen LogP contribution in [0.25, 0.3) is 5.65 Å². The molecule has 9 nitrogen and oxygen atoms in total. The van der Waals surface area contributed by atoms with Gasteiger partial charge in [0, 0.05) is 12.4 Å². The summed E-state index contributed by atoms with van der Waals surface area (Å²) in [5.74, 6) is -1.22. The van der Waals surface area contributed by atoms with E-state index >= 15 is 0 Å². The third-order valence-corrected chi connectivity index (χ3v) is 4.07. The minimum absolute atomic E-state index is 0.131. The highest BCUT2D eigenvalue weighted by atomic mass is 16.5. The summed E-state index contributed by atoms with van der Waals surface area (Å²) in [4.78, 5) is 40.6. The van der Waals surface area contributed by atoms with Gasteiger partial charge in [0.2, 0.25) is 0 Å². The van der Waals surface area contributed by atoms with Gasteiger partial charge in [-0.2, -0.15) is 0 Å². The van der Waals surface area contributed by atoms with Gasteiger partial charge in [0.25, 0.3) is 0 Å². The number of urea groups is 1. The maximum Gasteiger partial charge on any atom is 0.358 e. The number of rotatable bonds is 6. The van der Waals surface area contributed by atoms with Crippen molar-refractivity contribution in [2.45, 2.75) is 26.3 Å². The van der Waals surface area contributed by atoms with Crippen LogP contribution in [0.4, 0.5) is 4.79 Å². The monoisotopic (exact) mass is 372 g/mol. The molecule has 0 unspecified atom stereocenters. The fourth-order valence-electron chi connectivity index (χ4n) is 2.82. The average Bonchev–Trinajstić information content (AvgIpc) is 3.10. The number of hydrogen-bond acceptors (Lipinski definition) is 6. The number of fused-ring (bicyclic) bond motifs is 1. The summed E-state index contributed by atoms with van der Waals surface area (Å²) in [5.41, 5.74) is 1.20. The van der Waals surface area contributed by atoms with E-state index in [0.717, 1.165) is 0 Å². The Morgan fingerprint density at radius 1 is 1.22 bits per heavy atom. The first-order valence-electron chi connectivity index (χ1n) is 8.62. The van der Waals surface area contributed by atoms with E-state index in [1.807, 2.05) is 19.1 Å². The summed E-state index contributed by atoms with van der Waals surface area (Å²) >= 11 is 0. The summed E-state index contributed by atoms with van der Waals surface area (Å²) in [6.07, 6.45) is 3.80. The summed E-state index contributed by atoms with van der Waals surface area (Å²) < 4.78 is 12.0. The number of esters is 2. The second-order valence-electron chi connectivity index (χ2n) is 5.84. The van der Waals surface area contributed by atoms with Crippen LogP contribution in [0, 0.1) is 0 Å². The van der Waals surface area contributed by atoms with Gasteiger partial charge in [0.15, 0.2) is 5.69 Å². The molecule has 0 saturated heterocycles. The Morgan fingerprint density at radius 2 is 2.04 bits per heavy atom. The van der Waals surface area contributed by atoms with Crippen molar-refractivity contribution in [2.75, 3.05) is 13.2 Å². The number of nitrogens with one attached hydrogen (secondary N) is 2. The van der Waals surface area contributed by atoms with E-state index in [-0.39, 0.29) is 30.2 Å². The largest absolute Gasteiger partial charge is 0.463 e. The lowest BCUT2D eigenvalue weighted by atomic mass is 10.0. The Hall–Kier alpha value is -3.36. The molecule has 2 amide bonds. The third kappa shape index (κ3) is 3.91. The highest BCUT2D eigenvalue weighted by Gasteiger charge is 2.32. The molecule has 2 N–H and O–H groups in total. The zero-order chi connectivity index (χ0) is 19.4. The van der Waals surface area contributed by atoms with Gasteiger partial charge < -0.3 is 24.5 Å². The number of pyridine rings is 1. The average molecular weight is 372 g/mol. The smallest absolute Gasteiger partial charge is 0.358 e. The molecule has 2 aromatic rings. The van der Waals surface area contributed by atoms with Gasteiger partial charge in [-0.05, 0) is 25.5 Å². The molecule has 0 aromatic carbocycles. The van der Waals surface area contributed by atoms with Crippen molar-refractivity contribution in [3.8, 4) is 0 Å². The highest BCUT2D eigenvalue weighted by Crippen LogP contribution is 2.18. The molecule has 0 fully saturated rings. The van der Waals surface area contributed by atoms with Crippen molar-refractivity contribution >= 4 is 23.6 Å². The lowest BCUT2D eigenvalue weighted by Crippen LogP contribution is -2.51. The maximum absolute atomic E-state index is 12.3. The van der Waals surface area contributed by atoms with Crippen molar-refractivity contribution in [2.24, 2.45) is 0 Å². The molecular formula is C18H20N4O5. The molecule has 0 spiro atoms. The summed E-state index contributed by atoms with van der Waals surface area (Å²) in [5, 5.41) is 5.19. The van der Waals surface area contributed by atoms with Crippen LogP contribution in [0.3, 0.4) is 0 Å². The molecular weight excluding hydrogens is 352 g/mol. The Morgan fingerprint density at radius 3 is 2.74 bits per heavy atom. The summed E-state index contributed by atoms with van der Waals surface area (Å²) in [6, 6.07) is 4.41. The Bertz CT molecular complexity index is 884. The van der Waals surface area contributed by atoms with E-state index in [4.69, 9.17) is 9.47 Å². The van der Waals surface area contributed by atoms with Crippen molar-refractivity contribution in [1.29, 1.82) is 0 Å². The number of hydrogen-bond donors (Lipinski definition) is 2. The summed E-state index contributed by atoms with van der Waals surface area (Å²) in [7, 11) is 0. The van der Waals surface area contributed by atoms with Gasteiger partial charge in [-0.1, -0.05) is 13.0 Å². The van der Waals surface area contributed by atoms with Crippen molar-refractivity contribution < 1.29 is 23.9 Å². The predicted octanol–water partition coefficient (Wildman–Crippen LogP) is 1.40. The van der Waals surface area contributed by atoms with Crippen molar-refractivity contribution in [3.63, 3.8) is 0 Å². The molecule has 9 heteroatoms. The van der Waals surface area contributed by atoms with Crippen molar-refractivity contribution in [3.05, 3.63) is 47.6 Å². The molecule has 0 saturated carbocycles. The van der Waals surface area contributed by atoms with Crippen LogP contribution in [0.2, 0.25) is 0 Å². The van der Waals surface area contributed by atoms with Crippen LogP contribution in [0.5, 0.6) is 0 Å². The molecule has 142 valence electrons. The number of imidazole rings is 1. The SMILES string of the molecule is CCOC(=O)C1=C(COC(=O)c2cn3ccccc3n2)NC(=O)N[C@@H]1CC. The van der Waals surface area contributed by atoms with Crippen LogP contribution in [-0.4, -0.2) is 46.6 Å². The minimum Gasteiger partial charge on any atom is -0.463 e. The van der Waals surface area contributed by atoms with E-state index in [1.54, 1.807) is 29.8 Å². The molecule has 1 aliphatic heterocycles. The molecule has 27 heavy (non-hydrogen) atoms. The van der Waals surface area contributed by atoms with E-state index in [2.05, 4.69) is 15.6 Å². The molecule has 3 rings (SSSR count). The molecule has 0 radical (unpaired) electrons. The van der Waals surface area contributed by atoms with Crippen LogP contribution in [0.1, 0.15) is 30.8 Å². The highest BCUT2D eigenvalue weighted by molar-refractivity contribution is 5.95. The van der Waals surface area contributed by atoms with Gasteiger partial charge in [-0.15, -0.1) is 0 Å². The second kappa shape index (κ2) is 7.90. The van der Waals surface area contributed by atoms with E-state index in [0.29, 0.717) is 12.1 Å². The molecule has 1 aliphatic rings. The molecule has 0 bridgehead atoms. The first kappa shape index (κ1) is 18.4. The van der Waals surface area contributed by atoms with Crippen LogP contribution in [0.15, 0.2) is 41.9 Å². The number of ether oxygens (including phenoxy) is 2. The van der Waals surface area contributed by atoms with Crippen LogP contribution in [-0.2, 0) is 14.3 Å². The Balaban J connectivity index is 1.80. The number of amides is 2. The predicted molar refractivity (Wildman–Crippen MR) is 94.9 cm³/mol. The van der Waals surface area contributed by atoms with E-state index < -0.39 is 24.0 Å². The Kier molecular flexibility index (Phi) is 5.39. The standard InChI is InChI=1S/C18H20N4O5/c1-3-11-15(17(24)26-4-2)13(21-18(25)20-11)10-27-16(23)12-9-22-8-6-5-7-14(22)19-12/h5-9,11H,3-4,10H2,1-2H3,(H2,20,21,25)/t11-/m1/s1. The van der Waals surface area contributed by atoms with Crippen LogP contribution >= 0.6 is 0 Å². The number of nitrogens with zero attached hydrogens (tertiary/aromatic N) is 2. The lowest BCUT2D eigenvalue weighted by molar-refractivity contribution is -0.139. The zero-order valence-electron chi connectivity index (χ0n) is 15.0. The first-order valence-corrected chi connectivity index (χ1v) is 8.62. The topological polar surface area (TPSA) is 111 Å². The quantitative estimate of drug-likeness (QED) is 0.742. The molecule has 3 heterocycles. The normalized spacial score (nSPS) is 16.7. The summed E-state index contributed by atoms with van der Waals surface area (Å²) in [6.45, 7) is 3.44. The lowest BCUT2D eigenvalue weighted by Gasteiger charge is -2.28. The van der Waals surface area contributed by atoms with Gasteiger partial charge in [-0.25, -0.2) is 19.4 Å². The molecule has 1 atom stereocenters. The van der Waals surface area contributed by atoms with Crippen LogP contribution < -0.4 is 10.6 Å². The number of aromatic nitrogens is 2. The maximum atomic E-state index is 12.3. The van der Waals surface area contributed by atoms with E-state index in [1.165, 1.54) is 0 Å². The van der Waals surface area contributed by atoms with Gasteiger partial charge in [0.05, 0.1) is 23.9 Å². The number of carbonyl (C=O) groups is 3.